The number of thioether (sulfide) groups is 1. The minimum Gasteiger partial charge on any atom is -0.329 e. The Balaban J connectivity index is 2.37. The first-order valence-electron chi connectivity index (χ1n) is 4.42. The summed E-state index contributed by atoms with van der Waals surface area (Å²) in [6, 6.07) is 0.137. The van der Waals surface area contributed by atoms with Gasteiger partial charge in [-0.05, 0) is 24.3 Å². The fourth-order valence-electron chi connectivity index (χ4n) is 1.28. The standard InChI is InChI=1S/C7H16N2O2S2/c8-3-6-13(10,11)9-7-1-4-12-5-2-7/h7,9H,1-6,8H2. The summed E-state index contributed by atoms with van der Waals surface area (Å²) < 4.78 is 25.3. The molecule has 78 valence electrons. The molecule has 1 aliphatic rings. The lowest BCUT2D eigenvalue weighted by molar-refractivity contribution is 0.529. The molecule has 0 radical (unpaired) electrons. The van der Waals surface area contributed by atoms with Gasteiger partial charge < -0.3 is 5.73 Å². The Morgan fingerprint density at radius 1 is 1.38 bits per heavy atom. The van der Waals surface area contributed by atoms with Gasteiger partial charge in [-0.2, -0.15) is 11.8 Å². The minimum absolute atomic E-state index is 0.0383. The van der Waals surface area contributed by atoms with E-state index >= 15 is 0 Å². The normalized spacial score (nSPS) is 20.4. The van der Waals surface area contributed by atoms with Gasteiger partial charge in [-0.25, -0.2) is 13.1 Å². The summed E-state index contributed by atoms with van der Waals surface area (Å²) in [4.78, 5) is 0. The molecule has 0 aromatic carbocycles. The summed E-state index contributed by atoms with van der Waals surface area (Å²) in [5.74, 6) is 2.14. The minimum atomic E-state index is -3.12. The highest BCUT2D eigenvalue weighted by Gasteiger charge is 2.19. The lowest BCUT2D eigenvalue weighted by Gasteiger charge is -2.22. The summed E-state index contributed by atoms with van der Waals surface area (Å²) in [6.45, 7) is 0.191. The van der Waals surface area contributed by atoms with E-state index in [4.69, 9.17) is 5.73 Å². The third-order valence-electron chi connectivity index (χ3n) is 1.95. The fraction of sp³-hybridized carbons (Fsp3) is 1.00. The average molecular weight is 224 g/mol. The summed E-state index contributed by atoms with van der Waals surface area (Å²) in [7, 11) is -3.12. The van der Waals surface area contributed by atoms with Crippen molar-refractivity contribution in [3.8, 4) is 0 Å². The Kier molecular flexibility index (Phi) is 4.51. The molecule has 1 aliphatic heterocycles. The Morgan fingerprint density at radius 2 is 2.00 bits per heavy atom. The Labute approximate surface area is 83.7 Å². The van der Waals surface area contributed by atoms with Gasteiger partial charge in [-0.1, -0.05) is 0 Å². The van der Waals surface area contributed by atoms with Gasteiger partial charge in [0.25, 0.3) is 0 Å². The van der Waals surface area contributed by atoms with Crippen LogP contribution in [-0.2, 0) is 10.0 Å². The van der Waals surface area contributed by atoms with Crippen molar-refractivity contribution in [3.63, 3.8) is 0 Å². The molecule has 0 unspecified atom stereocenters. The highest BCUT2D eigenvalue weighted by molar-refractivity contribution is 7.99. The van der Waals surface area contributed by atoms with E-state index < -0.39 is 10.0 Å². The van der Waals surface area contributed by atoms with Crippen molar-refractivity contribution in [2.24, 2.45) is 5.73 Å². The molecule has 1 fully saturated rings. The quantitative estimate of drug-likeness (QED) is 0.691. The smallest absolute Gasteiger partial charge is 0.213 e. The number of sulfonamides is 1. The molecule has 0 spiro atoms. The highest BCUT2D eigenvalue weighted by Crippen LogP contribution is 2.17. The zero-order valence-electron chi connectivity index (χ0n) is 7.53. The van der Waals surface area contributed by atoms with Crippen LogP contribution in [0.5, 0.6) is 0 Å². The Bertz CT molecular complexity index is 235. The van der Waals surface area contributed by atoms with Crippen molar-refractivity contribution in [2.75, 3.05) is 23.8 Å². The molecule has 1 saturated heterocycles. The molecule has 0 aromatic heterocycles. The molecule has 6 heteroatoms. The maximum Gasteiger partial charge on any atom is 0.213 e. The Morgan fingerprint density at radius 3 is 2.54 bits per heavy atom. The molecule has 13 heavy (non-hydrogen) atoms. The molecule has 0 amide bonds. The first-order valence-corrected chi connectivity index (χ1v) is 7.22. The van der Waals surface area contributed by atoms with E-state index in [-0.39, 0.29) is 18.3 Å². The molecular formula is C7H16N2O2S2. The predicted octanol–water partition coefficient (Wildman–Crippen LogP) is -0.240. The Hall–Kier alpha value is 0.220. The summed E-state index contributed by atoms with van der Waals surface area (Å²) in [5.41, 5.74) is 5.20. The van der Waals surface area contributed by atoms with E-state index in [1.165, 1.54) is 0 Å². The van der Waals surface area contributed by atoms with E-state index in [2.05, 4.69) is 4.72 Å². The molecule has 4 nitrogen and oxygen atoms in total. The van der Waals surface area contributed by atoms with Crippen LogP contribution < -0.4 is 10.5 Å². The summed E-state index contributed by atoms with van der Waals surface area (Å²) in [6.07, 6.45) is 1.88. The van der Waals surface area contributed by atoms with Crippen molar-refractivity contribution in [1.29, 1.82) is 0 Å². The lowest BCUT2D eigenvalue weighted by Crippen LogP contribution is -2.39. The first kappa shape index (κ1) is 11.3. The van der Waals surface area contributed by atoms with Gasteiger partial charge in [0.15, 0.2) is 0 Å². The van der Waals surface area contributed by atoms with Gasteiger partial charge >= 0.3 is 0 Å². The maximum absolute atomic E-state index is 11.3. The number of nitrogens with one attached hydrogen (secondary N) is 1. The average Bonchev–Trinajstić information content (AvgIpc) is 2.04. The third kappa shape index (κ3) is 4.30. The van der Waals surface area contributed by atoms with Crippen LogP contribution in [0.25, 0.3) is 0 Å². The molecule has 3 N–H and O–H groups in total. The van der Waals surface area contributed by atoms with Crippen LogP contribution in [0, 0.1) is 0 Å². The van der Waals surface area contributed by atoms with Gasteiger partial charge in [0.1, 0.15) is 0 Å². The third-order valence-corrected chi connectivity index (χ3v) is 4.47. The number of hydrogen-bond donors (Lipinski definition) is 2. The fourth-order valence-corrected chi connectivity index (χ4v) is 3.56. The van der Waals surface area contributed by atoms with Crippen molar-refractivity contribution >= 4 is 21.8 Å². The zero-order chi connectivity index (χ0) is 9.73. The second kappa shape index (κ2) is 5.19. The summed E-state index contributed by atoms with van der Waals surface area (Å²) >= 11 is 1.88. The van der Waals surface area contributed by atoms with E-state index in [0.717, 1.165) is 24.3 Å². The van der Waals surface area contributed by atoms with Crippen LogP contribution in [0.3, 0.4) is 0 Å². The van der Waals surface area contributed by atoms with Crippen LogP contribution in [0.1, 0.15) is 12.8 Å². The van der Waals surface area contributed by atoms with E-state index in [1.54, 1.807) is 0 Å². The second-order valence-corrected chi connectivity index (χ2v) is 6.21. The van der Waals surface area contributed by atoms with Crippen LogP contribution in [0.15, 0.2) is 0 Å². The molecule has 1 heterocycles. The maximum atomic E-state index is 11.3. The monoisotopic (exact) mass is 224 g/mol. The number of hydrogen-bond acceptors (Lipinski definition) is 4. The first-order chi connectivity index (χ1) is 6.14. The SMILES string of the molecule is NCCS(=O)(=O)NC1CCSCC1. The van der Waals surface area contributed by atoms with Crippen LogP contribution >= 0.6 is 11.8 Å². The molecular weight excluding hydrogens is 208 g/mol. The van der Waals surface area contributed by atoms with Crippen molar-refractivity contribution in [3.05, 3.63) is 0 Å². The molecule has 0 saturated carbocycles. The zero-order valence-corrected chi connectivity index (χ0v) is 9.16. The molecule has 0 atom stereocenters. The topological polar surface area (TPSA) is 72.2 Å². The second-order valence-electron chi connectivity index (χ2n) is 3.11. The number of rotatable bonds is 4. The van der Waals surface area contributed by atoms with E-state index in [9.17, 15) is 8.42 Å². The van der Waals surface area contributed by atoms with Gasteiger partial charge in [0.2, 0.25) is 10.0 Å². The largest absolute Gasteiger partial charge is 0.329 e. The van der Waals surface area contributed by atoms with Crippen molar-refractivity contribution in [1.82, 2.24) is 4.72 Å². The van der Waals surface area contributed by atoms with E-state index in [1.807, 2.05) is 11.8 Å². The van der Waals surface area contributed by atoms with Crippen molar-refractivity contribution in [2.45, 2.75) is 18.9 Å². The highest BCUT2D eigenvalue weighted by atomic mass is 32.2. The van der Waals surface area contributed by atoms with Gasteiger partial charge in [0, 0.05) is 12.6 Å². The number of nitrogens with two attached hydrogens (primary N) is 1. The molecule has 1 rings (SSSR count). The summed E-state index contributed by atoms with van der Waals surface area (Å²) in [5, 5.41) is 0. The molecule has 0 bridgehead atoms. The van der Waals surface area contributed by atoms with Gasteiger partial charge in [-0.3, -0.25) is 0 Å². The van der Waals surface area contributed by atoms with Crippen molar-refractivity contribution < 1.29 is 8.42 Å². The molecule has 0 aliphatic carbocycles. The van der Waals surface area contributed by atoms with Crippen LogP contribution in [-0.4, -0.2) is 38.3 Å². The van der Waals surface area contributed by atoms with Gasteiger partial charge in [-0.15, -0.1) is 0 Å². The predicted molar refractivity (Wildman–Crippen MR) is 56.3 cm³/mol. The molecule has 0 aromatic rings. The lowest BCUT2D eigenvalue weighted by atomic mass is 10.2. The van der Waals surface area contributed by atoms with Crippen LogP contribution in [0.2, 0.25) is 0 Å². The van der Waals surface area contributed by atoms with E-state index in [0.29, 0.717) is 0 Å². The van der Waals surface area contributed by atoms with Crippen LogP contribution in [0.4, 0.5) is 0 Å². The van der Waals surface area contributed by atoms with Gasteiger partial charge in [0.05, 0.1) is 5.75 Å².